The molecule has 4 aromatic rings. The number of hydrogen-bond donors (Lipinski definition) is 2. The molecule has 0 saturated carbocycles. The summed E-state index contributed by atoms with van der Waals surface area (Å²) >= 11 is 0.685. The monoisotopic (exact) mass is 676 g/mol. The van der Waals surface area contributed by atoms with Crippen LogP contribution < -0.4 is 15.4 Å². The molecule has 15 heteroatoms. The van der Waals surface area contributed by atoms with E-state index in [4.69, 9.17) is 10.5 Å². The van der Waals surface area contributed by atoms with Crippen LogP contribution in [-0.2, 0) is 6.18 Å². The SMILES string of the molecule is CC1CC(O)CCN1c1nc(OC[C@@]23CCCN2C[C@H](F)C3)nc2c(F)c(-c3ccc(F)c4sc(N)c(C#N)c34)c(C(F)(F)F)cc12. The molecule has 248 valence electrons. The Hall–Kier alpha value is -3.87. The minimum atomic E-state index is -5.09. The van der Waals surface area contributed by atoms with Gasteiger partial charge in [-0.15, -0.1) is 11.3 Å². The zero-order valence-corrected chi connectivity index (χ0v) is 26.0. The minimum absolute atomic E-state index is 0.0000393. The molecular weight excluding hydrogens is 646 g/mol. The Kier molecular flexibility index (Phi) is 7.68. The van der Waals surface area contributed by atoms with Crippen LogP contribution in [0.25, 0.3) is 32.1 Å². The van der Waals surface area contributed by atoms with Crippen molar-refractivity contribution >= 4 is 43.1 Å². The number of benzene rings is 2. The second-order valence-corrected chi connectivity index (χ2v) is 13.7. The number of halogens is 6. The van der Waals surface area contributed by atoms with Gasteiger partial charge in [0.15, 0.2) is 5.82 Å². The Morgan fingerprint density at radius 2 is 2.02 bits per heavy atom. The van der Waals surface area contributed by atoms with Crippen molar-refractivity contribution < 1.29 is 36.2 Å². The van der Waals surface area contributed by atoms with E-state index in [1.165, 1.54) is 0 Å². The molecule has 3 aliphatic heterocycles. The van der Waals surface area contributed by atoms with Crippen molar-refractivity contribution in [2.24, 2.45) is 0 Å². The van der Waals surface area contributed by atoms with Gasteiger partial charge in [-0.2, -0.15) is 28.4 Å². The molecule has 2 aromatic heterocycles. The molecule has 2 aromatic carbocycles. The summed E-state index contributed by atoms with van der Waals surface area (Å²) in [6.45, 7) is 2.96. The van der Waals surface area contributed by atoms with Crippen molar-refractivity contribution in [3.05, 3.63) is 41.0 Å². The van der Waals surface area contributed by atoms with Gasteiger partial charge in [0.1, 0.15) is 41.0 Å². The lowest BCUT2D eigenvalue weighted by molar-refractivity contribution is -0.137. The fourth-order valence-corrected chi connectivity index (χ4v) is 8.53. The fourth-order valence-electron chi connectivity index (χ4n) is 7.58. The summed E-state index contributed by atoms with van der Waals surface area (Å²) in [7, 11) is 0. The van der Waals surface area contributed by atoms with Crippen LogP contribution in [0, 0.1) is 23.0 Å². The van der Waals surface area contributed by atoms with Gasteiger partial charge in [0.05, 0.1) is 27.5 Å². The first-order chi connectivity index (χ1) is 22.3. The average molecular weight is 677 g/mol. The zero-order chi connectivity index (χ0) is 33.4. The molecular formula is C32H30F6N6O2S. The molecule has 3 N–H and O–H groups in total. The molecule has 8 nitrogen and oxygen atoms in total. The largest absolute Gasteiger partial charge is 0.461 e. The van der Waals surface area contributed by atoms with E-state index in [1.54, 1.807) is 11.8 Å². The van der Waals surface area contributed by atoms with Crippen molar-refractivity contribution in [3.8, 4) is 23.2 Å². The molecule has 7 rings (SSSR count). The third-order valence-corrected chi connectivity index (χ3v) is 10.8. The highest BCUT2D eigenvalue weighted by atomic mass is 32.1. The number of ether oxygens (including phenoxy) is 1. The fraction of sp³-hybridized carbons (Fsp3) is 0.469. The lowest BCUT2D eigenvalue weighted by atomic mass is 9.92. The predicted molar refractivity (Wildman–Crippen MR) is 165 cm³/mol. The van der Waals surface area contributed by atoms with Crippen LogP contribution in [-0.4, -0.2) is 70.1 Å². The summed E-state index contributed by atoms with van der Waals surface area (Å²) in [5.41, 5.74) is 1.95. The number of anilines is 2. The number of rotatable bonds is 5. The van der Waals surface area contributed by atoms with Crippen molar-refractivity contribution in [3.63, 3.8) is 0 Å². The van der Waals surface area contributed by atoms with E-state index >= 15 is 4.39 Å². The van der Waals surface area contributed by atoms with Crippen LogP contribution in [0.3, 0.4) is 0 Å². The zero-order valence-electron chi connectivity index (χ0n) is 25.2. The highest BCUT2D eigenvalue weighted by molar-refractivity contribution is 7.23. The second kappa shape index (κ2) is 11.4. The molecule has 3 saturated heterocycles. The number of hydrogen-bond acceptors (Lipinski definition) is 9. The molecule has 4 atom stereocenters. The molecule has 2 unspecified atom stereocenters. The Morgan fingerprint density at radius 3 is 2.74 bits per heavy atom. The van der Waals surface area contributed by atoms with Crippen LogP contribution in [0.4, 0.5) is 37.2 Å². The van der Waals surface area contributed by atoms with Crippen molar-refractivity contribution in [1.29, 1.82) is 5.26 Å². The third kappa shape index (κ3) is 5.21. The van der Waals surface area contributed by atoms with Gasteiger partial charge >= 0.3 is 12.2 Å². The average Bonchev–Trinajstić information content (AvgIpc) is 3.65. The Morgan fingerprint density at radius 1 is 1.23 bits per heavy atom. The Labute approximate surface area is 269 Å². The number of aliphatic hydroxyl groups is 1. The van der Waals surface area contributed by atoms with Crippen LogP contribution in [0.5, 0.6) is 6.01 Å². The summed E-state index contributed by atoms with van der Waals surface area (Å²) in [6, 6.07) is 3.82. The van der Waals surface area contributed by atoms with Gasteiger partial charge in [-0.25, -0.2) is 13.2 Å². The molecule has 47 heavy (non-hydrogen) atoms. The van der Waals surface area contributed by atoms with Gasteiger partial charge in [-0.05, 0) is 56.8 Å². The smallest absolute Gasteiger partial charge is 0.417 e. The van der Waals surface area contributed by atoms with Crippen LogP contribution in [0.1, 0.15) is 50.2 Å². The Bertz CT molecular complexity index is 1950. The number of aromatic nitrogens is 2. The number of nitrogens with zero attached hydrogens (tertiary/aromatic N) is 5. The summed E-state index contributed by atoms with van der Waals surface area (Å²) in [6.07, 6.45) is -4.39. The van der Waals surface area contributed by atoms with E-state index in [2.05, 4.69) is 9.97 Å². The first-order valence-electron chi connectivity index (χ1n) is 15.3. The van der Waals surface area contributed by atoms with E-state index < -0.39 is 52.3 Å². The topological polar surface area (TPSA) is 112 Å². The van der Waals surface area contributed by atoms with Gasteiger partial charge in [-0.1, -0.05) is 6.07 Å². The quantitative estimate of drug-likeness (QED) is 0.229. The molecule has 3 fully saturated rings. The minimum Gasteiger partial charge on any atom is -0.461 e. The second-order valence-electron chi connectivity index (χ2n) is 12.7. The van der Waals surface area contributed by atoms with Gasteiger partial charge in [0, 0.05) is 41.9 Å². The maximum absolute atomic E-state index is 16.9. The van der Waals surface area contributed by atoms with Crippen LogP contribution >= 0.6 is 11.3 Å². The van der Waals surface area contributed by atoms with Crippen LogP contribution in [0.2, 0.25) is 0 Å². The number of piperidine rings is 1. The number of nitrogen functional groups attached to an aromatic ring is 1. The van der Waals surface area contributed by atoms with Gasteiger partial charge in [-0.3, -0.25) is 4.90 Å². The summed E-state index contributed by atoms with van der Waals surface area (Å²) < 4.78 is 96.7. The Balaban J connectivity index is 1.46. The first-order valence-corrected chi connectivity index (χ1v) is 16.1. The van der Waals surface area contributed by atoms with Crippen molar-refractivity contribution in [2.75, 3.05) is 36.9 Å². The number of aliphatic hydroxyl groups excluding tert-OH is 1. The molecule has 5 heterocycles. The first kappa shape index (κ1) is 31.7. The maximum Gasteiger partial charge on any atom is 0.417 e. The molecule has 3 aliphatic rings. The van der Waals surface area contributed by atoms with E-state index in [-0.39, 0.29) is 75.6 Å². The summed E-state index contributed by atoms with van der Waals surface area (Å²) in [5.74, 6) is -2.18. The molecule has 0 aliphatic carbocycles. The summed E-state index contributed by atoms with van der Waals surface area (Å²) in [5, 5.41) is 19.4. The number of alkyl halides is 4. The van der Waals surface area contributed by atoms with E-state index in [0.29, 0.717) is 37.1 Å². The highest BCUT2D eigenvalue weighted by Crippen LogP contribution is 2.48. The van der Waals surface area contributed by atoms with Gasteiger partial charge in [0.2, 0.25) is 0 Å². The van der Waals surface area contributed by atoms with E-state index in [1.807, 2.05) is 11.0 Å². The van der Waals surface area contributed by atoms with E-state index in [9.17, 15) is 32.3 Å². The lowest BCUT2D eigenvalue weighted by Crippen LogP contribution is -2.44. The normalized spacial score (nSPS) is 25.1. The molecule has 0 bridgehead atoms. The molecule has 0 amide bonds. The van der Waals surface area contributed by atoms with Crippen LogP contribution in [0.15, 0.2) is 18.2 Å². The van der Waals surface area contributed by atoms with Crippen molar-refractivity contribution in [2.45, 2.75) is 69.1 Å². The predicted octanol–water partition coefficient (Wildman–Crippen LogP) is 6.57. The number of fused-ring (bicyclic) bond motifs is 3. The number of nitriles is 1. The maximum atomic E-state index is 16.9. The number of thiophene rings is 1. The molecule has 0 spiro atoms. The number of nitrogens with two attached hydrogens (primary N) is 1. The standard InChI is InChI=1S/C32H30F6N6O2S/c1-15-9-17(45)5-8-44(15)29-19-10-21(32(36,37)38)24(18-3-4-22(34)27-23(18)20(12-39)28(40)47-27)25(35)26(19)41-30(42-29)46-14-31-6-2-7-43(31)13-16(33)11-31/h3-4,10,15-17,45H,2,5-9,11,13-14,40H2,1H3/t15?,16-,17?,31+/m1/s1. The summed E-state index contributed by atoms with van der Waals surface area (Å²) in [4.78, 5) is 12.5. The third-order valence-electron chi connectivity index (χ3n) is 9.75. The highest BCUT2D eigenvalue weighted by Gasteiger charge is 2.49. The van der Waals surface area contributed by atoms with E-state index in [0.717, 1.165) is 24.6 Å². The van der Waals surface area contributed by atoms with Crippen molar-refractivity contribution in [1.82, 2.24) is 14.9 Å². The molecule has 0 radical (unpaired) electrons. The van der Waals surface area contributed by atoms with Gasteiger partial charge in [0.25, 0.3) is 0 Å². The lowest BCUT2D eigenvalue weighted by Gasteiger charge is -2.37. The van der Waals surface area contributed by atoms with Gasteiger partial charge < -0.3 is 20.5 Å².